The summed E-state index contributed by atoms with van der Waals surface area (Å²) in [6, 6.07) is 3.67. The van der Waals surface area contributed by atoms with Crippen molar-refractivity contribution in [3.63, 3.8) is 0 Å². The van der Waals surface area contributed by atoms with E-state index in [4.69, 9.17) is 24.8 Å². The Morgan fingerprint density at radius 2 is 1.61 bits per heavy atom. The molecule has 31 heavy (non-hydrogen) atoms. The molecular weight excluding hydrogens is 402 g/mol. The van der Waals surface area contributed by atoms with Crippen LogP contribution in [0.3, 0.4) is 0 Å². The van der Waals surface area contributed by atoms with Crippen LogP contribution in [0.1, 0.15) is 38.5 Å². The van der Waals surface area contributed by atoms with E-state index in [0.717, 1.165) is 37.8 Å². The van der Waals surface area contributed by atoms with Crippen LogP contribution in [0.25, 0.3) is 0 Å². The Morgan fingerprint density at radius 1 is 0.968 bits per heavy atom. The minimum Gasteiger partial charge on any atom is -0.382 e. The molecule has 0 unspecified atom stereocenters. The van der Waals surface area contributed by atoms with Gasteiger partial charge in [0, 0.05) is 38.2 Å². The third-order valence-electron chi connectivity index (χ3n) is 4.12. The van der Waals surface area contributed by atoms with E-state index in [2.05, 4.69) is 20.8 Å². The van der Waals surface area contributed by atoms with Crippen molar-refractivity contribution < 1.29 is 23.8 Å². The van der Waals surface area contributed by atoms with E-state index in [1.165, 1.54) is 0 Å². The zero-order valence-electron chi connectivity index (χ0n) is 18.5. The molecule has 4 N–H and O–H groups in total. The van der Waals surface area contributed by atoms with Crippen molar-refractivity contribution in [3.05, 3.63) is 24.5 Å². The summed E-state index contributed by atoms with van der Waals surface area (Å²) in [5, 5.41) is 3.02. The van der Waals surface area contributed by atoms with Gasteiger partial charge < -0.3 is 25.3 Å². The first-order chi connectivity index (χ1) is 15.2. The Balaban J connectivity index is 1.84. The SMILES string of the molecule is COCCOCCOCCONC(=O)CCCCCCCN=C(N)Nc1ccncc1. The fraction of sp³-hybridized carbons (Fsp3) is 0.667. The number of aromatic nitrogens is 1. The van der Waals surface area contributed by atoms with Crippen molar-refractivity contribution in [3.8, 4) is 0 Å². The van der Waals surface area contributed by atoms with Gasteiger partial charge in [-0.2, -0.15) is 0 Å². The van der Waals surface area contributed by atoms with E-state index in [9.17, 15) is 4.79 Å². The molecular formula is C21H37N5O5. The molecule has 1 aromatic rings. The summed E-state index contributed by atoms with van der Waals surface area (Å²) in [4.78, 5) is 25.0. The molecule has 0 atom stereocenters. The third kappa shape index (κ3) is 17.1. The topological polar surface area (TPSA) is 129 Å². The second kappa shape index (κ2) is 19.7. The largest absolute Gasteiger partial charge is 0.382 e. The van der Waals surface area contributed by atoms with Crippen LogP contribution in [0.15, 0.2) is 29.5 Å². The Hall–Kier alpha value is -2.27. The number of nitrogens with one attached hydrogen (secondary N) is 2. The Bertz CT molecular complexity index is 589. The molecule has 0 radical (unpaired) electrons. The molecule has 1 amide bonds. The number of rotatable bonds is 19. The summed E-state index contributed by atoms with van der Waals surface area (Å²) in [6.07, 6.45) is 8.74. The molecule has 0 saturated heterocycles. The molecule has 0 aliphatic heterocycles. The highest BCUT2D eigenvalue weighted by atomic mass is 16.7. The predicted molar refractivity (Wildman–Crippen MR) is 120 cm³/mol. The maximum absolute atomic E-state index is 11.7. The van der Waals surface area contributed by atoms with Gasteiger partial charge >= 0.3 is 0 Å². The molecule has 10 heteroatoms. The number of ether oxygens (including phenoxy) is 3. The van der Waals surface area contributed by atoms with E-state index < -0.39 is 0 Å². The molecule has 0 aromatic carbocycles. The first-order valence-corrected chi connectivity index (χ1v) is 10.7. The van der Waals surface area contributed by atoms with E-state index in [0.29, 0.717) is 58.6 Å². The zero-order valence-corrected chi connectivity index (χ0v) is 18.5. The van der Waals surface area contributed by atoms with Crippen molar-refractivity contribution in [1.82, 2.24) is 10.5 Å². The van der Waals surface area contributed by atoms with Crippen LogP contribution >= 0.6 is 0 Å². The maximum Gasteiger partial charge on any atom is 0.243 e. The Kier molecular flexibility index (Phi) is 17.0. The highest BCUT2D eigenvalue weighted by molar-refractivity contribution is 5.92. The van der Waals surface area contributed by atoms with Crippen molar-refractivity contribution in [2.45, 2.75) is 38.5 Å². The van der Waals surface area contributed by atoms with Crippen LogP contribution in [-0.4, -0.2) is 70.1 Å². The average Bonchev–Trinajstić information content (AvgIpc) is 2.77. The second-order valence-corrected chi connectivity index (χ2v) is 6.74. The van der Waals surface area contributed by atoms with Gasteiger partial charge in [-0.05, 0) is 25.0 Å². The van der Waals surface area contributed by atoms with Gasteiger partial charge in [0.05, 0.1) is 39.6 Å². The maximum atomic E-state index is 11.7. The Labute approximate surface area is 184 Å². The summed E-state index contributed by atoms with van der Waals surface area (Å²) in [5.41, 5.74) is 9.15. The number of aliphatic imine (C=N–C) groups is 1. The molecule has 0 fully saturated rings. The van der Waals surface area contributed by atoms with Gasteiger partial charge in [0.2, 0.25) is 5.91 Å². The number of unbranched alkanes of at least 4 members (excludes halogenated alkanes) is 4. The monoisotopic (exact) mass is 439 g/mol. The summed E-state index contributed by atoms with van der Waals surface area (Å²) >= 11 is 0. The van der Waals surface area contributed by atoms with Crippen LogP contribution in [0.4, 0.5) is 5.69 Å². The van der Waals surface area contributed by atoms with Gasteiger partial charge in [-0.15, -0.1) is 0 Å². The molecule has 0 bridgehead atoms. The van der Waals surface area contributed by atoms with E-state index in [1.54, 1.807) is 19.5 Å². The number of nitrogens with two attached hydrogens (primary N) is 1. The van der Waals surface area contributed by atoms with Gasteiger partial charge in [-0.25, -0.2) is 5.48 Å². The van der Waals surface area contributed by atoms with E-state index >= 15 is 0 Å². The minimum absolute atomic E-state index is 0.109. The number of methoxy groups -OCH3 is 1. The number of hydrogen-bond donors (Lipinski definition) is 3. The fourth-order valence-electron chi connectivity index (χ4n) is 2.50. The molecule has 0 aliphatic rings. The lowest BCUT2D eigenvalue weighted by molar-refractivity contribution is -0.135. The molecule has 0 aliphatic carbocycles. The van der Waals surface area contributed by atoms with Crippen LogP contribution in [0, 0.1) is 0 Å². The molecule has 0 spiro atoms. The fourth-order valence-corrected chi connectivity index (χ4v) is 2.50. The number of pyridine rings is 1. The lowest BCUT2D eigenvalue weighted by atomic mass is 10.1. The van der Waals surface area contributed by atoms with E-state index in [-0.39, 0.29) is 5.91 Å². The zero-order chi connectivity index (χ0) is 22.4. The number of carbonyl (C=O) groups is 1. The van der Waals surface area contributed by atoms with Gasteiger partial charge in [0.25, 0.3) is 0 Å². The number of anilines is 1. The first kappa shape index (κ1) is 26.8. The smallest absolute Gasteiger partial charge is 0.243 e. The van der Waals surface area contributed by atoms with Crippen LogP contribution in [0.2, 0.25) is 0 Å². The summed E-state index contributed by atoms with van der Waals surface area (Å²) in [6.45, 7) is 3.52. The number of amides is 1. The third-order valence-corrected chi connectivity index (χ3v) is 4.12. The van der Waals surface area contributed by atoms with Crippen molar-refractivity contribution in [1.29, 1.82) is 0 Å². The van der Waals surface area contributed by atoms with Gasteiger partial charge in [0.15, 0.2) is 5.96 Å². The quantitative estimate of drug-likeness (QED) is 0.129. The average molecular weight is 440 g/mol. The van der Waals surface area contributed by atoms with Crippen LogP contribution in [-0.2, 0) is 23.8 Å². The van der Waals surface area contributed by atoms with Gasteiger partial charge in [0.1, 0.15) is 0 Å². The van der Waals surface area contributed by atoms with Crippen molar-refractivity contribution in [2.75, 3.05) is 58.6 Å². The Morgan fingerprint density at radius 3 is 2.35 bits per heavy atom. The molecule has 0 saturated carbocycles. The van der Waals surface area contributed by atoms with Crippen LogP contribution < -0.4 is 16.5 Å². The summed E-state index contributed by atoms with van der Waals surface area (Å²) in [7, 11) is 1.63. The number of guanidine groups is 1. The highest BCUT2D eigenvalue weighted by Gasteiger charge is 2.01. The lowest BCUT2D eigenvalue weighted by Gasteiger charge is -2.07. The summed E-state index contributed by atoms with van der Waals surface area (Å²) in [5.74, 6) is 0.297. The molecule has 1 rings (SSSR count). The van der Waals surface area contributed by atoms with E-state index in [1.807, 2.05) is 12.1 Å². The van der Waals surface area contributed by atoms with Crippen molar-refractivity contribution in [2.24, 2.45) is 10.7 Å². The minimum atomic E-state index is -0.109. The molecule has 10 nitrogen and oxygen atoms in total. The standard InChI is InChI=1S/C21H37N5O5/c1-28-13-14-29-15-16-30-17-18-31-26-20(27)7-5-3-2-4-6-10-24-21(22)25-19-8-11-23-12-9-19/h8-9,11-12H,2-7,10,13-18H2,1H3,(H,26,27)(H3,22,23,24,25). The highest BCUT2D eigenvalue weighted by Crippen LogP contribution is 2.06. The normalized spacial score (nSPS) is 11.5. The van der Waals surface area contributed by atoms with Gasteiger partial charge in [-0.3, -0.25) is 19.6 Å². The number of carbonyl (C=O) groups excluding carboxylic acids is 1. The number of hydrogen-bond acceptors (Lipinski definition) is 7. The first-order valence-electron chi connectivity index (χ1n) is 10.7. The number of hydroxylamine groups is 1. The van der Waals surface area contributed by atoms with Gasteiger partial charge in [-0.1, -0.05) is 19.3 Å². The molecule has 1 aromatic heterocycles. The van der Waals surface area contributed by atoms with Crippen LogP contribution in [0.5, 0.6) is 0 Å². The lowest BCUT2D eigenvalue weighted by Crippen LogP contribution is -2.25. The molecule has 1 heterocycles. The summed E-state index contributed by atoms with van der Waals surface area (Å²) < 4.78 is 15.4. The number of nitrogens with zero attached hydrogens (tertiary/aromatic N) is 2. The second-order valence-electron chi connectivity index (χ2n) is 6.74. The molecule has 176 valence electrons. The van der Waals surface area contributed by atoms with Crippen molar-refractivity contribution >= 4 is 17.6 Å². The predicted octanol–water partition coefficient (Wildman–Crippen LogP) is 1.88.